The lowest BCUT2D eigenvalue weighted by molar-refractivity contribution is 0.0562. The summed E-state index contributed by atoms with van der Waals surface area (Å²) in [5.74, 6) is 0.174. The van der Waals surface area contributed by atoms with Gasteiger partial charge in [-0.2, -0.15) is 0 Å². The fourth-order valence-electron chi connectivity index (χ4n) is 2.13. The summed E-state index contributed by atoms with van der Waals surface area (Å²) in [5, 5.41) is 2.54. The van der Waals surface area contributed by atoms with E-state index in [1.165, 1.54) is 0 Å². The molecule has 7 nitrogen and oxygen atoms in total. The molecule has 0 spiro atoms. The number of ether oxygens (including phenoxy) is 2. The Bertz CT molecular complexity index is 879. The fourth-order valence-corrected chi connectivity index (χ4v) is 2.13. The molecule has 0 aromatic heterocycles. The number of amides is 1. The van der Waals surface area contributed by atoms with Gasteiger partial charge in [-0.1, -0.05) is 0 Å². The number of amidine groups is 1. The Morgan fingerprint density at radius 2 is 1.61 bits per heavy atom. The van der Waals surface area contributed by atoms with Crippen LogP contribution in [0, 0.1) is 0 Å². The van der Waals surface area contributed by atoms with Crippen LogP contribution in [0.4, 0.5) is 10.5 Å². The second-order valence-corrected chi connectivity index (χ2v) is 6.95. The second kappa shape index (κ2) is 8.94. The number of hydrogen-bond donors (Lipinski definition) is 1. The third-order valence-corrected chi connectivity index (χ3v) is 3.31. The van der Waals surface area contributed by atoms with Gasteiger partial charge in [0.2, 0.25) is 0 Å². The Kier molecular flexibility index (Phi) is 6.65. The van der Waals surface area contributed by atoms with Gasteiger partial charge in [-0.3, -0.25) is 10.1 Å². The normalized spacial score (nSPS) is 11.5. The van der Waals surface area contributed by atoms with Gasteiger partial charge in [-0.05, 0) is 76.2 Å². The smallest absolute Gasteiger partial charge is 0.413 e. The summed E-state index contributed by atoms with van der Waals surface area (Å²) < 4.78 is 10.4. The van der Waals surface area contributed by atoms with Gasteiger partial charge in [0.15, 0.2) is 0 Å². The molecule has 1 amide bonds. The molecule has 0 aliphatic heterocycles. The van der Waals surface area contributed by atoms with Crippen LogP contribution in [0.25, 0.3) is 0 Å². The number of aliphatic imine (C=N–C) groups is 1. The average Bonchev–Trinajstić information content (AvgIpc) is 2.61. The number of carbonyl (C=O) groups excluding carboxylic acids is 3. The number of esters is 1. The van der Waals surface area contributed by atoms with Gasteiger partial charge in [0, 0.05) is 5.56 Å². The van der Waals surface area contributed by atoms with Gasteiger partial charge in [-0.25, -0.2) is 14.6 Å². The molecule has 0 bridgehead atoms. The van der Waals surface area contributed by atoms with E-state index in [0.29, 0.717) is 34.7 Å². The van der Waals surface area contributed by atoms with E-state index in [0.717, 1.165) is 0 Å². The van der Waals surface area contributed by atoms with Crippen molar-refractivity contribution < 1.29 is 23.9 Å². The van der Waals surface area contributed by atoms with E-state index in [4.69, 9.17) is 9.47 Å². The molecule has 28 heavy (non-hydrogen) atoms. The Balaban J connectivity index is 1.98. The van der Waals surface area contributed by atoms with Crippen LogP contribution in [-0.4, -0.2) is 29.8 Å². The summed E-state index contributed by atoms with van der Waals surface area (Å²) in [6.45, 7) is 6.95. The number of hydrogen-bond acceptors (Lipinski definition) is 6. The predicted molar refractivity (Wildman–Crippen MR) is 105 cm³/mol. The molecule has 2 rings (SSSR count). The van der Waals surface area contributed by atoms with E-state index in [1.807, 2.05) is 0 Å². The Morgan fingerprint density at radius 1 is 1.00 bits per heavy atom. The first kappa shape index (κ1) is 20.8. The molecule has 0 atom stereocenters. The maximum absolute atomic E-state index is 12.2. The number of aldehydes is 1. The fraction of sp³-hybridized carbons (Fsp3) is 0.238. The Labute approximate surface area is 163 Å². The van der Waals surface area contributed by atoms with Crippen molar-refractivity contribution >= 4 is 29.9 Å². The standard InChI is InChI=1S/C21H22N2O5/c1-14(23-20(26)28-21(2,3)4)22-17-9-7-16(8-10-17)19(25)27-18-11-5-15(13-24)6-12-18/h5-13H,1-4H3,(H,22,23,26). The van der Waals surface area contributed by atoms with E-state index in [2.05, 4.69) is 10.3 Å². The van der Waals surface area contributed by atoms with Gasteiger partial charge in [0.25, 0.3) is 0 Å². The predicted octanol–water partition coefficient (Wildman–Crippen LogP) is 4.29. The third kappa shape index (κ3) is 6.68. The van der Waals surface area contributed by atoms with Crippen LogP contribution in [0.2, 0.25) is 0 Å². The summed E-state index contributed by atoms with van der Waals surface area (Å²) in [5.41, 5.74) is 0.800. The molecule has 0 heterocycles. The molecule has 0 aliphatic carbocycles. The molecule has 2 aromatic carbocycles. The molecule has 0 unspecified atom stereocenters. The van der Waals surface area contributed by atoms with Crippen LogP contribution in [0.15, 0.2) is 53.5 Å². The molecule has 0 fully saturated rings. The van der Waals surface area contributed by atoms with Gasteiger partial charge in [-0.15, -0.1) is 0 Å². The van der Waals surface area contributed by atoms with Crippen LogP contribution < -0.4 is 10.1 Å². The van der Waals surface area contributed by atoms with Crippen molar-refractivity contribution in [2.45, 2.75) is 33.3 Å². The van der Waals surface area contributed by atoms with E-state index in [-0.39, 0.29) is 0 Å². The first-order chi connectivity index (χ1) is 13.2. The van der Waals surface area contributed by atoms with Gasteiger partial charge < -0.3 is 9.47 Å². The molecule has 0 saturated heterocycles. The summed E-state index contributed by atoms with van der Waals surface area (Å²) >= 11 is 0. The Morgan fingerprint density at radius 3 is 2.14 bits per heavy atom. The second-order valence-electron chi connectivity index (χ2n) is 6.95. The summed E-state index contributed by atoms with van der Waals surface area (Å²) in [6.07, 6.45) is 0.124. The van der Waals surface area contributed by atoms with E-state index >= 15 is 0 Å². The minimum Gasteiger partial charge on any atom is -0.444 e. The molecular formula is C21H22N2O5. The largest absolute Gasteiger partial charge is 0.444 e. The number of rotatable bonds is 4. The quantitative estimate of drug-likeness (QED) is 0.280. The van der Waals surface area contributed by atoms with Crippen molar-refractivity contribution in [1.82, 2.24) is 5.32 Å². The van der Waals surface area contributed by atoms with Crippen molar-refractivity contribution in [3.8, 4) is 5.75 Å². The zero-order valence-corrected chi connectivity index (χ0v) is 16.2. The molecule has 1 N–H and O–H groups in total. The number of benzene rings is 2. The SMILES string of the molecule is CC(=Nc1ccc(C(=O)Oc2ccc(C=O)cc2)cc1)NC(=O)OC(C)(C)C. The van der Waals surface area contributed by atoms with Crippen molar-refractivity contribution in [3.05, 3.63) is 59.7 Å². The maximum atomic E-state index is 12.2. The lowest BCUT2D eigenvalue weighted by atomic mass is 10.2. The third-order valence-electron chi connectivity index (χ3n) is 3.31. The average molecular weight is 382 g/mol. The van der Waals surface area contributed by atoms with E-state index in [1.54, 1.807) is 76.2 Å². The van der Waals surface area contributed by atoms with Gasteiger partial charge in [0.05, 0.1) is 11.3 Å². The van der Waals surface area contributed by atoms with E-state index in [9.17, 15) is 14.4 Å². The highest BCUT2D eigenvalue weighted by atomic mass is 16.6. The summed E-state index contributed by atoms with van der Waals surface area (Å²) in [4.78, 5) is 38.8. The topological polar surface area (TPSA) is 94.1 Å². The first-order valence-corrected chi connectivity index (χ1v) is 8.59. The summed E-state index contributed by atoms with van der Waals surface area (Å²) in [6, 6.07) is 12.6. The lowest BCUT2D eigenvalue weighted by Crippen LogP contribution is -2.35. The maximum Gasteiger partial charge on any atom is 0.413 e. The Hall–Kier alpha value is -3.48. The summed E-state index contributed by atoms with van der Waals surface area (Å²) in [7, 11) is 0. The number of nitrogens with zero attached hydrogens (tertiary/aromatic N) is 1. The monoisotopic (exact) mass is 382 g/mol. The van der Waals surface area contributed by atoms with Crippen molar-refractivity contribution in [2.24, 2.45) is 4.99 Å². The first-order valence-electron chi connectivity index (χ1n) is 8.59. The van der Waals surface area contributed by atoms with Gasteiger partial charge >= 0.3 is 12.1 Å². The van der Waals surface area contributed by atoms with Crippen LogP contribution in [0.1, 0.15) is 48.4 Å². The van der Waals surface area contributed by atoms with E-state index < -0.39 is 17.7 Å². The molecular weight excluding hydrogens is 360 g/mol. The molecule has 0 radical (unpaired) electrons. The number of carbonyl (C=O) groups is 3. The number of alkyl carbamates (subject to hydrolysis) is 1. The molecule has 7 heteroatoms. The highest BCUT2D eigenvalue weighted by Crippen LogP contribution is 2.17. The zero-order chi connectivity index (χ0) is 20.7. The van der Waals surface area contributed by atoms with Crippen LogP contribution in [0.5, 0.6) is 5.75 Å². The van der Waals surface area contributed by atoms with Crippen LogP contribution in [-0.2, 0) is 4.74 Å². The molecule has 0 aliphatic rings. The minimum atomic E-state index is -0.597. The molecule has 0 saturated carbocycles. The molecule has 146 valence electrons. The minimum absolute atomic E-state index is 0.343. The van der Waals surface area contributed by atoms with Gasteiger partial charge in [0.1, 0.15) is 23.5 Å². The highest BCUT2D eigenvalue weighted by molar-refractivity contribution is 5.95. The van der Waals surface area contributed by atoms with Crippen molar-refractivity contribution in [2.75, 3.05) is 0 Å². The van der Waals surface area contributed by atoms with Crippen LogP contribution in [0.3, 0.4) is 0 Å². The molecule has 2 aromatic rings. The van der Waals surface area contributed by atoms with Crippen LogP contribution >= 0.6 is 0 Å². The van der Waals surface area contributed by atoms with Crippen molar-refractivity contribution in [1.29, 1.82) is 0 Å². The zero-order valence-electron chi connectivity index (χ0n) is 16.2. The lowest BCUT2D eigenvalue weighted by Gasteiger charge is -2.19. The highest BCUT2D eigenvalue weighted by Gasteiger charge is 2.16. The number of nitrogens with one attached hydrogen (secondary N) is 1. The van der Waals surface area contributed by atoms with Crippen molar-refractivity contribution in [3.63, 3.8) is 0 Å².